The molecule has 0 radical (unpaired) electrons. The van der Waals surface area contributed by atoms with Gasteiger partial charge in [0.15, 0.2) is 0 Å². The number of hydrogen-bond acceptors (Lipinski definition) is 8. The Hall–Kier alpha value is -3.10. The predicted molar refractivity (Wildman–Crippen MR) is 142 cm³/mol. The number of hydrogen-bond donors (Lipinski definition) is 0. The van der Waals surface area contributed by atoms with E-state index >= 15 is 0 Å². The molecule has 0 N–H and O–H groups in total. The lowest BCUT2D eigenvalue weighted by Gasteiger charge is -2.22. The monoisotopic (exact) mass is 484 g/mol. The van der Waals surface area contributed by atoms with Crippen molar-refractivity contribution in [2.75, 3.05) is 91.0 Å². The molecule has 2 aromatic carbocycles. The molecule has 0 aromatic heterocycles. The standard InChI is InChI=1S/C27H40N4O4/c1-7-31(6)25-14-10-23(11-15-25)27(33)35-21-19-30(5)17-16-29(4)18-20-34-26(32)22-8-12-24(13-9-22)28(2)3/h8-15H,7,16-21H2,1-6H3. The summed E-state index contributed by atoms with van der Waals surface area (Å²) < 4.78 is 10.8. The zero-order chi connectivity index (χ0) is 25.8. The predicted octanol–water partition coefficient (Wildman–Crippen LogP) is 3.09. The van der Waals surface area contributed by atoms with E-state index in [1.54, 1.807) is 24.3 Å². The second kappa shape index (κ2) is 14.3. The molecule has 0 atom stereocenters. The van der Waals surface area contributed by atoms with Crippen molar-refractivity contribution in [1.29, 1.82) is 0 Å². The van der Waals surface area contributed by atoms with Gasteiger partial charge in [-0.2, -0.15) is 0 Å². The zero-order valence-electron chi connectivity index (χ0n) is 22.0. The third-order valence-corrected chi connectivity index (χ3v) is 5.91. The van der Waals surface area contributed by atoms with E-state index in [1.165, 1.54) is 0 Å². The molecule has 0 heterocycles. The van der Waals surface area contributed by atoms with Crippen LogP contribution in [-0.2, 0) is 9.47 Å². The van der Waals surface area contributed by atoms with Crippen molar-refractivity contribution in [1.82, 2.24) is 9.80 Å². The third kappa shape index (κ3) is 9.58. The molecule has 0 bridgehead atoms. The van der Waals surface area contributed by atoms with Gasteiger partial charge in [0, 0.05) is 65.2 Å². The lowest BCUT2D eigenvalue weighted by Crippen LogP contribution is -2.34. The number of carbonyl (C=O) groups excluding carboxylic acids is 2. The summed E-state index contributed by atoms with van der Waals surface area (Å²) in [6, 6.07) is 14.8. The summed E-state index contributed by atoms with van der Waals surface area (Å²) in [6.07, 6.45) is 0. The Morgan fingerprint density at radius 2 is 1.03 bits per heavy atom. The second-order valence-corrected chi connectivity index (χ2v) is 8.88. The summed E-state index contributed by atoms with van der Waals surface area (Å²) in [5.41, 5.74) is 3.22. The first-order valence-electron chi connectivity index (χ1n) is 12.0. The number of esters is 2. The van der Waals surface area contributed by atoms with E-state index in [0.717, 1.165) is 31.0 Å². The van der Waals surface area contributed by atoms with Crippen molar-refractivity contribution >= 4 is 23.3 Å². The second-order valence-electron chi connectivity index (χ2n) is 8.88. The van der Waals surface area contributed by atoms with Crippen LogP contribution in [0.4, 0.5) is 11.4 Å². The summed E-state index contributed by atoms with van der Waals surface area (Å²) in [7, 11) is 9.92. The van der Waals surface area contributed by atoms with Crippen molar-refractivity contribution in [3.63, 3.8) is 0 Å². The molecule has 0 aliphatic heterocycles. The maximum atomic E-state index is 12.3. The average Bonchev–Trinajstić information content (AvgIpc) is 2.87. The quantitative estimate of drug-likeness (QED) is 0.379. The Bertz CT molecular complexity index is 916. The fraction of sp³-hybridized carbons (Fsp3) is 0.481. The first kappa shape index (κ1) is 28.1. The molecule has 35 heavy (non-hydrogen) atoms. The molecule has 0 amide bonds. The molecule has 0 spiro atoms. The first-order valence-corrected chi connectivity index (χ1v) is 12.0. The minimum absolute atomic E-state index is 0.306. The summed E-state index contributed by atoms with van der Waals surface area (Å²) in [5.74, 6) is -0.617. The number of likely N-dealkylation sites (N-methyl/N-ethyl adjacent to an activating group) is 2. The Balaban J connectivity index is 1.60. The van der Waals surface area contributed by atoms with E-state index in [0.29, 0.717) is 37.4 Å². The highest BCUT2D eigenvalue weighted by Crippen LogP contribution is 2.14. The molecule has 0 unspecified atom stereocenters. The Morgan fingerprint density at radius 1 is 0.629 bits per heavy atom. The van der Waals surface area contributed by atoms with E-state index in [1.807, 2.05) is 64.4 Å². The van der Waals surface area contributed by atoms with Crippen molar-refractivity contribution in [2.24, 2.45) is 0 Å². The van der Waals surface area contributed by atoms with Gasteiger partial charge in [0.1, 0.15) is 13.2 Å². The SMILES string of the molecule is CCN(C)c1ccc(C(=O)OCCN(C)CCN(C)CCOC(=O)c2ccc(N(C)C)cc2)cc1. The van der Waals surface area contributed by atoms with Crippen molar-refractivity contribution < 1.29 is 19.1 Å². The van der Waals surface area contributed by atoms with Gasteiger partial charge in [-0.3, -0.25) is 0 Å². The minimum atomic E-state index is -0.310. The fourth-order valence-corrected chi connectivity index (χ4v) is 3.25. The number of anilines is 2. The molecule has 8 nitrogen and oxygen atoms in total. The molecule has 2 aromatic rings. The maximum absolute atomic E-state index is 12.3. The van der Waals surface area contributed by atoms with Gasteiger partial charge in [0.25, 0.3) is 0 Å². The molecule has 8 heteroatoms. The summed E-state index contributed by atoms with van der Waals surface area (Å²) >= 11 is 0. The van der Waals surface area contributed by atoms with E-state index < -0.39 is 0 Å². The maximum Gasteiger partial charge on any atom is 0.338 e. The molecule has 2 rings (SSSR count). The van der Waals surface area contributed by atoms with Crippen LogP contribution in [0.3, 0.4) is 0 Å². The van der Waals surface area contributed by atoms with Crippen LogP contribution in [-0.4, -0.2) is 103 Å². The lowest BCUT2D eigenvalue weighted by atomic mass is 10.2. The molecule has 0 aliphatic carbocycles. The van der Waals surface area contributed by atoms with Gasteiger partial charge in [-0.1, -0.05) is 0 Å². The number of carbonyl (C=O) groups is 2. The van der Waals surface area contributed by atoms with Crippen LogP contribution < -0.4 is 9.80 Å². The molecule has 0 fully saturated rings. The van der Waals surface area contributed by atoms with E-state index in [4.69, 9.17) is 9.47 Å². The normalized spacial score (nSPS) is 11.0. The fourth-order valence-electron chi connectivity index (χ4n) is 3.25. The molecular weight excluding hydrogens is 444 g/mol. The Morgan fingerprint density at radius 3 is 1.40 bits per heavy atom. The average molecular weight is 485 g/mol. The van der Waals surface area contributed by atoms with Crippen LogP contribution in [0.1, 0.15) is 27.6 Å². The highest BCUT2D eigenvalue weighted by molar-refractivity contribution is 5.90. The van der Waals surface area contributed by atoms with Gasteiger partial charge in [-0.05, 0) is 69.6 Å². The Labute approximate surface area is 210 Å². The summed E-state index contributed by atoms with van der Waals surface area (Å²) in [6.45, 7) is 6.57. The van der Waals surface area contributed by atoms with Crippen LogP contribution >= 0.6 is 0 Å². The smallest absolute Gasteiger partial charge is 0.338 e. The van der Waals surface area contributed by atoms with E-state index in [-0.39, 0.29) is 11.9 Å². The van der Waals surface area contributed by atoms with Gasteiger partial charge in [0.05, 0.1) is 11.1 Å². The van der Waals surface area contributed by atoms with Gasteiger partial charge >= 0.3 is 11.9 Å². The molecule has 0 aliphatic rings. The van der Waals surface area contributed by atoms with Gasteiger partial charge < -0.3 is 29.1 Å². The summed E-state index contributed by atoms with van der Waals surface area (Å²) in [5, 5.41) is 0. The lowest BCUT2D eigenvalue weighted by molar-refractivity contribution is 0.0443. The van der Waals surface area contributed by atoms with Gasteiger partial charge in [0.2, 0.25) is 0 Å². The molecule has 192 valence electrons. The number of rotatable bonds is 14. The van der Waals surface area contributed by atoms with Crippen molar-refractivity contribution in [2.45, 2.75) is 6.92 Å². The molecular formula is C27H40N4O4. The van der Waals surface area contributed by atoms with Crippen LogP contribution in [0.25, 0.3) is 0 Å². The number of nitrogens with zero attached hydrogens (tertiary/aromatic N) is 4. The van der Waals surface area contributed by atoms with Crippen molar-refractivity contribution in [3.8, 4) is 0 Å². The number of benzene rings is 2. The highest BCUT2D eigenvalue weighted by Gasteiger charge is 2.10. The van der Waals surface area contributed by atoms with Crippen LogP contribution in [0.5, 0.6) is 0 Å². The van der Waals surface area contributed by atoms with Crippen molar-refractivity contribution in [3.05, 3.63) is 59.7 Å². The topological polar surface area (TPSA) is 65.6 Å². The van der Waals surface area contributed by atoms with Crippen LogP contribution in [0.15, 0.2) is 48.5 Å². The number of ether oxygens (including phenoxy) is 2. The largest absolute Gasteiger partial charge is 0.461 e. The Kier molecular flexibility index (Phi) is 11.5. The van der Waals surface area contributed by atoms with Crippen LogP contribution in [0, 0.1) is 0 Å². The van der Waals surface area contributed by atoms with Crippen LogP contribution in [0.2, 0.25) is 0 Å². The zero-order valence-corrected chi connectivity index (χ0v) is 22.0. The highest BCUT2D eigenvalue weighted by atomic mass is 16.5. The molecule has 0 saturated carbocycles. The summed E-state index contributed by atoms with van der Waals surface area (Å²) in [4.78, 5) is 32.8. The minimum Gasteiger partial charge on any atom is -0.461 e. The third-order valence-electron chi connectivity index (χ3n) is 5.91. The molecule has 0 saturated heterocycles. The van der Waals surface area contributed by atoms with E-state index in [9.17, 15) is 9.59 Å². The van der Waals surface area contributed by atoms with Gasteiger partial charge in [-0.25, -0.2) is 9.59 Å². The van der Waals surface area contributed by atoms with E-state index in [2.05, 4.69) is 21.6 Å². The van der Waals surface area contributed by atoms with Gasteiger partial charge in [-0.15, -0.1) is 0 Å². The first-order chi connectivity index (χ1) is 16.7.